The van der Waals surface area contributed by atoms with Gasteiger partial charge in [-0.2, -0.15) is 0 Å². The van der Waals surface area contributed by atoms with Crippen molar-refractivity contribution in [3.63, 3.8) is 0 Å². The van der Waals surface area contributed by atoms with E-state index in [9.17, 15) is 9.90 Å². The maximum atomic E-state index is 11.9. The number of carbonyl (C=O) groups excluding carboxylic acids is 1. The van der Waals surface area contributed by atoms with Crippen LogP contribution in [-0.4, -0.2) is 30.1 Å². The molecule has 1 N–H and O–H groups in total. The van der Waals surface area contributed by atoms with Crippen LogP contribution in [0.5, 0.6) is 17.4 Å². The SMILES string of the molecule is C[n+]1noc([O-])c1SCC(=O)Nc1ccc2c(c1)OCCO2. The van der Waals surface area contributed by atoms with Crippen molar-refractivity contribution in [2.75, 3.05) is 24.3 Å². The number of nitrogens with zero attached hydrogens (tertiary/aromatic N) is 2. The molecule has 0 unspecified atom stereocenters. The fourth-order valence-electron chi connectivity index (χ4n) is 1.91. The van der Waals surface area contributed by atoms with Gasteiger partial charge in [-0.15, -0.1) is 0 Å². The first-order chi connectivity index (χ1) is 10.6. The number of amides is 1. The van der Waals surface area contributed by atoms with Gasteiger partial charge in [-0.1, -0.05) is 4.68 Å². The summed E-state index contributed by atoms with van der Waals surface area (Å²) in [6.45, 7) is 0.999. The molecule has 1 amide bonds. The average Bonchev–Trinajstić information content (AvgIpc) is 2.84. The summed E-state index contributed by atoms with van der Waals surface area (Å²) in [5, 5.41) is 17.8. The standard InChI is InChI=1S/C13H13N3O5S/c1-16-12(13(18)21-15-16)22-7-11(17)14-8-2-3-9-10(6-8)20-5-4-19-9/h2-3,6H,4-5,7H2,1H3,(H-,14,15,17,18). The summed E-state index contributed by atoms with van der Waals surface area (Å²) in [5.74, 6) is 0.524. The molecule has 22 heavy (non-hydrogen) atoms. The Labute approximate surface area is 130 Å². The smallest absolute Gasteiger partial charge is 0.291 e. The van der Waals surface area contributed by atoms with Gasteiger partial charge in [0.05, 0.1) is 11.0 Å². The molecule has 2 aromatic rings. The van der Waals surface area contributed by atoms with Gasteiger partial charge < -0.3 is 24.4 Å². The minimum absolute atomic E-state index is 0.0682. The molecule has 0 saturated heterocycles. The molecule has 1 aromatic carbocycles. The van der Waals surface area contributed by atoms with Crippen molar-refractivity contribution in [1.82, 2.24) is 5.27 Å². The van der Waals surface area contributed by atoms with Crippen molar-refractivity contribution in [2.45, 2.75) is 5.03 Å². The van der Waals surface area contributed by atoms with Crippen molar-refractivity contribution >= 4 is 23.4 Å². The number of fused-ring (bicyclic) bond motifs is 1. The highest BCUT2D eigenvalue weighted by Gasteiger charge is 2.17. The molecule has 1 aliphatic heterocycles. The van der Waals surface area contributed by atoms with Gasteiger partial charge in [0.1, 0.15) is 13.2 Å². The first-order valence-electron chi connectivity index (χ1n) is 6.49. The van der Waals surface area contributed by atoms with Gasteiger partial charge in [0.15, 0.2) is 24.5 Å². The number of ether oxygens (including phenoxy) is 2. The molecule has 116 valence electrons. The quantitative estimate of drug-likeness (QED) is 0.628. The number of hydrogen-bond donors (Lipinski definition) is 1. The molecule has 0 aliphatic carbocycles. The van der Waals surface area contributed by atoms with Crippen molar-refractivity contribution in [3.05, 3.63) is 18.2 Å². The molecule has 9 heteroatoms. The number of hydrogen-bond acceptors (Lipinski definition) is 7. The third-order valence-corrected chi connectivity index (χ3v) is 3.99. The van der Waals surface area contributed by atoms with Gasteiger partial charge in [0.2, 0.25) is 5.91 Å². The van der Waals surface area contributed by atoms with Crippen molar-refractivity contribution in [1.29, 1.82) is 0 Å². The third-order valence-electron chi connectivity index (χ3n) is 2.88. The first-order valence-corrected chi connectivity index (χ1v) is 7.47. The Balaban J connectivity index is 1.60. The highest BCUT2D eigenvalue weighted by Crippen LogP contribution is 2.32. The lowest BCUT2D eigenvalue weighted by atomic mass is 10.2. The normalized spacial score (nSPS) is 13.0. The molecule has 0 atom stereocenters. The van der Waals surface area contributed by atoms with Crippen molar-refractivity contribution in [2.24, 2.45) is 7.05 Å². The van der Waals surface area contributed by atoms with E-state index in [0.29, 0.717) is 30.4 Å². The zero-order valence-electron chi connectivity index (χ0n) is 11.7. The van der Waals surface area contributed by atoms with Gasteiger partial charge in [-0.3, -0.25) is 4.79 Å². The number of aromatic nitrogens is 2. The van der Waals surface area contributed by atoms with E-state index in [2.05, 4.69) is 15.1 Å². The van der Waals surface area contributed by atoms with Gasteiger partial charge in [-0.05, 0) is 23.9 Å². The van der Waals surface area contributed by atoms with Crippen LogP contribution in [0.4, 0.5) is 5.69 Å². The largest absolute Gasteiger partial charge is 0.538 e. The summed E-state index contributed by atoms with van der Waals surface area (Å²) < 4.78 is 16.6. The molecule has 1 aliphatic rings. The number of nitrogens with one attached hydrogen (secondary N) is 1. The lowest BCUT2D eigenvalue weighted by Gasteiger charge is -2.18. The Bertz CT molecular complexity index is 683. The molecule has 0 bridgehead atoms. The van der Waals surface area contributed by atoms with E-state index in [1.165, 1.54) is 4.68 Å². The zero-order chi connectivity index (χ0) is 15.5. The lowest BCUT2D eigenvalue weighted by Crippen LogP contribution is -2.32. The predicted molar refractivity (Wildman–Crippen MR) is 73.9 cm³/mol. The minimum Gasteiger partial charge on any atom is -0.538 e. The van der Waals surface area contributed by atoms with E-state index in [1.807, 2.05) is 0 Å². The monoisotopic (exact) mass is 323 g/mol. The van der Waals surface area contributed by atoms with Crippen LogP contribution in [0.2, 0.25) is 0 Å². The van der Waals surface area contributed by atoms with E-state index >= 15 is 0 Å². The molecule has 8 nitrogen and oxygen atoms in total. The summed E-state index contributed by atoms with van der Waals surface area (Å²) in [7, 11) is 1.58. The van der Waals surface area contributed by atoms with Gasteiger partial charge in [-0.25, -0.2) is 0 Å². The van der Waals surface area contributed by atoms with Crippen LogP contribution in [0.15, 0.2) is 27.7 Å². The van der Waals surface area contributed by atoms with E-state index in [1.54, 1.807) is 25.2 Å². The maximum Gasteiger partial charge on any atom is 0.291 e. The third kappa shape index (κ3) is 3.08. The number of rotatable bonds is 4. The Morgan fingerprint density at radius 2 is 2.18 bits per heavy atom. The Morgan fingerprint density at radius 1 is 1.41 bits per heavy atom. The summed E-state index contributed by atoms with van der Waals surface area (Å²) in [5.41, 5.74) is 0.604. The van der Waals surface area contributed by atoms with Crippen LogP contribution < -0.4 is 24.6 Å². The molecule has 0 spiro atoms. The number of aryl methyl sites for hydroxylation is 1. The second-order valence-corrected chi connectivity index (χ2v) is 5.45. The van der Waals surface area contributed by atoms with Crippen molar-refractivity contribution in [3.8, 4) is 17.4 Å². The zero-order valence-corrected chi connectivity index (χ0v) is 12.5. The second kappa shape index (κ2) is 6.14. The highest BCUT2D eigenvalue weighted by atomic mass is 32.2. The first kappa shape index (κ1) is 14.5. The molecule has 2 heterocycles. The Hall–Kier alpha value is -2.42. The lowest BCUT2D eigenvalue weighted by molar-refractivity contribution is -0.772. The van der Waals surface area contributed by atoms with Crippen LogP contribution in [0, 0.1) is 0 Å². The highest BCUT2D eigenvalue weighted by molar-refractivity contribution is 7.99. The van der Waals surface area contributed by atoms with Gasteiger partial charge in [0, 0.05) is 11.8 Å². The number of anilines is 1. The number of carbonyl (C=O) groups is 1. The fourth-order valence-corrected chi connectivity index (χ4v) is 2.63. The van der Waals surface area contributed by atoms with E-state index in [0.717, 1.165) is 11.8 Å². The summed E-state index contributed by atoms with van der Waals surface area (Å²) in [6, 6.07) is 5.18. The Morgan fingerprint density at radius 3 is 2.91 bits per heavy atom. The summed E-state index contributed by atoms with van der Waals surface area (Å²) >= 11 is 1.06. The van der Waals surface area contributed by atoms with Gasteiger partial charge in [0.25, 0.3) is 5.03 Å². The minimum atomic E-state index is -0.556. The van der Waals surface area contributed by atoms with Crippen LogP contribution in [0.1, 0.15) is 0 Å². The number of thioether (sulfide) groups is 1. The summed E-state index contributed by atoms with van der Waals surface area (Å²) in [6.07, 6.45) is 0. The fraction of sp³-hybridized carbons (Fsp3) is 0.308. The van der Waals surface area contributed by atoms with Crippen LogP contribution in [0.3, 0.4) is 0 Å². The average molecular weight is 323 g/mol. The van der Waals surface area contributed by atoms with Crippen LogP contribution >= 0.6 is 11.8 Å². The molecule has 0 saturated carbocycles. The predicted octanol–water partition coefficient (Wildman–Crippen LogP) is 0.0747. The Kier molecular flexibility index (Phi) is 4.05. The molecule has 0 fully saturated rings. The number of benzene rings is 1. The molecule has 3 rings (SSSR count). The second-order valence-electron chi connectivity index (χ2n) is 4.48. The van der Waals surface area contributed by atoms with Gasteiger partial charge >= 0.3 is 0 Å². The summed E-state index contributed by atoms with van der Waals surface area (Å²) in [4.78, 5) is 11.9. The topological polar surface area (TPSA) is 101 Å². The van der Waals surface area contributed by atoms with Crippen LogP contribution in [0.25, 0.3) is 0 Å². The van der Waals surface area contributed by atoms with E-state index in [4.69, 9.17) is 9.47 Å². The van der Waals surface area contributed by atoms with E-state index < -0.39 is 5.95 Å². The molecule has 0 radical (unpaired) electrons. The van der Waals surface area contributed by atoms with Crippen molar-refractivity contribution < 1.29 is 28.6 Å². The molecular formula is C13H13N3O5S. The maximum absolute atomic E-state index is 11.9. The molecule has 1 aromatic heterocycles. The van der Waals surface area contributed by atoms with Crippen LogP contribution in [-0.2, 0) is 11.8 Å². The van der Waals surface area contributed by atoms with E-state index in [-0.39, 0.29) is 16.7 Å². The molecular weight excluding hydrogens is 310 g/mol.